The number of ether oxygens (including phenoxy) is 3. The molecule has 8 heteroatoms. The minimum absolute atomic E-state index is 0.142. The third-order valence-electron chi connectivity index (χ3n) is 5.43. The molecule has 6 nitrogen and oxygen atoms in total. The molecular formula is C22H24ClNO5S. The SMILES string of the molecule is CCOC(=O)c1c(N(Cc2ccc(Cl)cc2)C(C)=O)sc2c1CCC1(C2)OCCO1. The Morgan fingerprint density at radius 2 is 1.93 bits per heavy atom. The van der Waals surface area contributed by atoms with Crippen LogP contribution in [0.4, 0.5) is 5.00 Å². The second-order valence-corrected chi connectivity index (χ2v) is 8.94. The number of anilines is 1. The van der Waals surface area contributed by atoms with E-state index in [0.717, 1.165) is 16.0 Å². The van der Waals surface area contributed by atoms with Crippen molar-refractivity contribution in [2.75, 3.05) is 24.7 Å². The number of amides is 1. The van der Waals surface area contributed by atoms with Gasteiger partial charge in [-0.15, -0.1) is 11.3 Å². The number of carbonyl (C=O) groups excluding carboxylic acids is 2. The number of nitrogens with zero attached hydrogens (tertiary/aromatic N) is 1. The van der Waals surface area contributed by atoms with Crippen LogP contribution in [0.2, 0.25) is 5.02 Å². The molecule has 0 atom stereocenters. The van der Waals surface area contributed by atoms with Crippen molar-refractivity contribution in [2.24, 2.45) is 0 Å². The molecule has 0 N–H and O–H groups in total. The zero-order valence-electron chi connectivity index (χ0n) is 17.0. The lowest BCUT2D eigenvalue weighted by Gasteiger charge is -2.31. The molecule has 1 amide bonds. The van der Waals surface area contributed by atoms with Crippen molar-refractivity contribution in [3.8, 4) is 0 Å². The highest BCUT2D eigenvalue weighted by Crippen LogP contribution is 2.45. The highest BCUT2D eigenvalue weighted by Gasteiger charge is 2.43. The van der Waals surface area contributed by atoms with E-state index in [-0.39, 0.29) is 12.5 Å². The molecule has 2 aliphatic rings. The van der Waals surface area contributed by atoms with Crippen LogP contribution in [-0.4, -0.2) is 37.5 Å². The van der Waals surface area contributed by atoms with Gasteiger partial charge in [0, 0.05) is 29.7 Å². The molecule has 1 aliphatic heterocycles. The molecule has 0 radical (unpaired) electrons. The molecule has 0 saturated carbocycles. The van der Waals surface area contributed by atoms with Gasteiger partial charge in [-0.2, -0.15) is 0 Å². The summed E-state index contributed by atoms with van der Waals surface area (Å²) in [7, 11) is 0. The van der Waals surface area contributed by atoms with Crippen molar-refractivity contribution < 1.29 is 23.8 Å². The predicted octanol–water partition coefficient (Wildman–Crippen LogP) is 4.36. The number of benzene rings is 1. The van der Waals surface area contributed by atoms with Gasteiger partial charge >= 0.3 is 5.97 Å². The fraction of sp³-hybridized carbons (Fsp3) is 0.455. The molecule has 1 spiro atoms. The Bertz CT molecular complexity index is 949. The van der Waals surface area contributed by atoms with Crippen molar-refractivity contribution >= 4 is 39.8 Å². The van der Waals surface area contributed by atoms with Crippen molar-refractivity contribution in [1.29, 1.82) is 0 Å². The highest BCUT2D eigenvalue weighted by atomic mass is 35.5. The number of hydrogen-bond acceptors (Lipinski definition) is 6. The van der Waals surface area contributed by atoms with E-state index in [0.29, 0.717) is 54.6 Å². The molecule has 160 valence electrons. The Morgan fingerprint density at radius 1 is 1.23 bits per heavy atom. The average molecular weight is 450 g/mol. The highest BCUT2D eigenvalue weighted by molar-refractivity contribution is 7.17. The molecule has 0 bridgehead atoms. The third-order valence-corrected chi connectivity index (χ3v) is 6.94. The number of fused-ring (bicyclic) bond motifs is 1. The zero-order chi connectivity index (χ0) is 21.3. The molecule has 1 fully saturated rings. The van der Waals surface area contributed by atoms with E-state index in [1.807, 2.05) is 12.1 Å². The van der Waals surface area contributed by atoms with Crippen LogP contribution in [0.25, 0.3) is 0 Å². The summed E-state index contributed by atoms with van der Waals surface area (Å²) in [5, 5.41) is 1.25. The first-order valence-electron chi connectivity index (χ1n) is 10.0. The van der Waals surface area contributed by atoms with Crippen LogP contribution >= 0.6 is 22.9 Å². The summed E-state index contributed by atoms with van der Waals surface area (Å²) in [6.07, 6.45) is 1.90. The van der Waals surface area contributed by atoms with Crippen LogP contribution in [0, 0.1) is 0 Å². The molecule has 1 aromatic heterocycles. The van der Waals surface area contributed by atoms with E-state index in [1.165, 1.54) is 18.3 Å². The monoisotopic (exact) mass is 449 g/mol. The minimum atomic E-state index is -0.613. The summed E-state index contributed by atoms with van der Waals surface area (Å²) in [6.45, 7) is 5.06. The van der Waals surface area contributed by atoms with E-state index in [2.05, 4.69) is 0 Å². The molecule has 2 aromatic rings. The fourth-order valence-corrected chi connectivity index (χ4v) is 5.59. The van der Waals surface area contributed by atoms with Gasteiger partial charge in [0.05, 0.1) is 31.9 Å². The molecular weight excluding hydrogens is 426 g/mol. The number of carbonyl (C=O) groups is 2. The lowest BCUT2D eigenvalue weighted by atomic mass is 9.90. The normalized spacial score (nSPS) is 17.0. The molecule has 4 rings (SSSR count). The summed E-state index contributed by atoms with van der Waals surface area (Å²) < 4.78 is 17.1. The number of thiophene rings is 1. The number of halogens is 1. The first kappa shape index (κ1) is 21.3. The summed E-state index contributed by atoms with van der Waals surface area (Å²) in [6, 6.07) is 7.34. The standard InChI is InChI=1S/C22H24ClNO5S/c1-3-27-21(26)19-17-8-9-22(28-10-11-29-22)12-18(17)30-20(19)24(14(2)25)13-15-4-6-16(23)7-5-15/h4-7H,3,8-13H2,1-2H3. The number of hydrogen-bond donors (Lipinski definition) is 0. The van der Waals surface area contributed by atoms with Gasteiger partial charge in [-0.25, -0.2) is 4.79 Å². The van der Waals surface area contributed by atoms with E-state index in [9.17, 15) is 9.59 Å². The third kappa shape index (κ3) is 4.12. The molecule has 2 heterocycles. The lowest BCUT2D eigenvalue weighted by Crippen LogP contribution is -2.36. The Kier molecular flexibility index (Phi) is 6.16. The molecule has 1 aliphatic carbocycles. The summed E-state index contributed by atoms with van der Waals surface area (Å²) in [5.74, 6) is -1.15. The van der Waals surface area contributed by atoms with Crippen LogP contribution in [-0.2, 0) is 38.4 Å². The molecule has 1 saturated heterocycles. The summed E-state index contributed by atoms with van der Waals surface area (Å²) in [5.41, 5.74) is 2.36. The van der Waals surface area contributed by atoms with E-state index in [1.54, 1.807) is 24.0 Å². The van der Waals surface area contributed by atoms with Gasteiger partial charge in [0.2, 0.25) is 5.91 Å². The smallest absolute Gasteiger partial charge is 0.341 e. The Labute approximate surface area is 184 Å². The molecule has 0 unspecified atom stereocenters. The van der Waals surface area contributed by atoms with Gasteiger partial charge in [-0.05, 0) is 36.6 Å². The minimum Gasteiger partial charge on any atom is -0.462 e. The van der Waals surface area contributed by atoms with Gasteiger partial charge in [0.1, 0.15) is 5.00 Å². The van der Waals surface area contributed by atoms with Gasteiger partial charge in [0.25, 0.3) is 0 Å². The quantitative estimate of drug-likeness (QED) is 0.634. The largest absolute Gasteiger partial charge is 0.462 e. The molecule has 1 aromatic carbocycles. The maximum absolute atomic E-state index is 12.9. The predicted molar refractivity (Wildman–Crippen MR) is 115 cm³/mol. The second-order valence-electron chi connectivity index (χ2n) is 7.42. The first-order chi connectivity index (χ1) is 14.4. The number of rotatable bonds is 5. The topological polar surface area (TPSA) is 65.1 Å². The van der Waals surface area contributed by atoms with Crippen LogP contribution in [0.15, 0.2) is 24.3 Å². The Balaban J connectivity index is 1.74. The summed E-state index contributed by atoms with van der Waals surface area (Å²) in [4.78, 5) is 28.2. The second kappa shape index (κ2) is 8.67. The van der Waals surface area contributed by atoms with Gasteiger partial charge in [0.15, 0.2) is 5.79 Å². The maximum atomic E-state index is 12.9. The van der Waals surface area contributed by atoms with Crippen molar-refractivity contribution in [3.05, 3.63) is 50.9 Å². The van der Waals surface area contributed by atoms with Crippen molar-refractivity contribution in [1.82, 2.24) is 0 Å². The van der Waals surface area contributed by atoms with E-state index < -0.39 is 11.8 Å². The van der Waals surface area contributed by atoms with Crippen LogP contribution in [0.1, 0.15) is 46.6 Å². The average Bonchev–Trinajstić information content (AvgIpc) is 3.31. The van der Waals surface area contributed by atoms with Gasteiger partial charge in [-0.3, -0.25) is 9.69 Å². The van der Waals surface area contributed by atoms with Crippen LogP contribution < -0.4 is 4.90 Å². The van der Waals surface area contributed by atoms with Crippen LogP contribution in [0.5, 0.6) is 0 Å². The zero-order valence-corrected chi connectivity index (χ0v) is 18.6. The Hall–Kier alpha value is -1.93. The van der Waals surface area contributed by atoms with E-state index in [4.69, 9.17) is 25.8 Å². The van der Waals surface area contributed by atoms with Crippen LogP contribution in [0.3, 0.4) is 0 Å². The van der Waals surface area contributed by atoms with Gasteiger partial charge < -0.3 is 14.2 Å². The first-order valence-corrected chi connectivity index (χ1v) is 11.2. The maximum Gasteiger partial charge on any atom is 0.341 e. The van der Waals surface area contributed by atoms with Crippen molar-refractivity contribution in [3.63, 3.8) is 0 Å². The summed E-state index contributed by atoms with van der Waals surface area (Å²) >= 11 is 7.45. The van der Waals surface area contributed by atoms with Crippen molar-refractivity contribution in [2.45, 2.75) is 45.4 Å². The fourth-order valence-electron chi connectivity index (χ4n) is 4.00. The lowest BCUT2D eigenvalue weighted by molar-refractivity contribution is -0.163. The molecule has 30 heavy (non-hydrogen) atoms. The number of esters is 1. The van der Waals surface area contributed by atoms with E-state index >= 15 is 0 Å². The van der Waals surface area contributed by atoms with Gasteiger partial charge in [-0.1, -0.05) is 23.7 Å². The Morgan fingerprint density at radius 3 is 2.57 bits per heavy atom.